The first kappa shape index (κ1) is 9.95. The molecule has 1 saturated heterocycles. The highest BCUT2D eigenvalue weighted by Gasteiger charge is 2.34. The maximum Gasteiger partial charge on any atom is 0.215 e. The van der Waals surface area contributed by atoms with Crippen molar-refractivity contribution in [2.24, 2.45) is 0 Å². The lowest BCUT2D eigenvalue weighted by Gasteiger charge is -2.31. The van der Waals surface area contributed by atoms with Gasteiger partial charge >= 0.3 is 0 Å². The lowest BCUT2D eigenvalue weighted by Crippen LogP contribution is -2.48. The molecule has 1 aliphatic heterocycles. The topological polar surface area (TPSA) is 49.4 Å². The van der Waals surface area contributed by atoms with Crippen LogP contribution in [0.4, 0.5) is 0 Å². The summed E-state index contributed by atoms with van der Waals surface area (Å²) in [5.41, 5.74) is -0.310. The molecule has 1 aliphatic rings. The van der Waals surface area contributed by atoms with Crippen molar-refractivity contribution in [2.45, 2.75) is 19.4 Å². The third kappa shape index (κ3) is 1.78. The Morgan fingerprint density at radius 1 is 1.42 bits per heavy atom. The fraction of sp³-hybridized carbons (Fsp3) is 1.00. The molecule has 4 nitrogen and oxygen atoms in total. The van der Waals surface area contributed by atoms with Crippen LogP contribution in [0.15, 0.2) is 0 Å². The number of nitrogens with one attached hydrogen (secondary N) is 1. The van der Waals surface area contributed by atoms with Crippen LogP contribution in [0.3, 0.4) is 0 Å². The van der Waals surface area contributed by atoms with Crippen molar-refractivity contribution < 1.29 is 8.42 Å². The Bertz CT molecular complexity index is 259. The molecule has 0 aromatic heterocycles. The molecule has 0 spiro atoms. The second kappa shape index (κ2) is 2.97. The lowest BCUT2D eigenvalue weighted by molar-refractivity contribution is 0.267. The zero-order valence-electron chi connectivity index (χ0n) is 7.79. The fourth-order valence-electron chi connectivity index (χ4n) is 1.22. The van der Waals surface area contributed by atoms with Gasteiger partial charge in [0.1, 0.15) is 0 Å². The summed E-state index contributed by atoms with van der Waals surface area (Å²) in [5, 5.41) is 3.10. The molecule has 0 amide bonds. The smallest absolute Gasteiger partial charge is 0.215 e. The first-order chi connectivity index (χ1) is 5.36. The maximum absolute atomic E-state index is 11.5. The van der Waals surface area contributed by atoms with Crippen molar-refractivity contribution in [2.75, 3.05) is 25.9 Å². The minimum atomic E-state index is -3.03. The second-order valence-electron chi connectivity index (χ2n) is 3.77. The molecule has 72 valence electrons. The zero-order chi connectivity index (χ0) is 9.41. The molecule has 0 aromatic rings. The molecule has 0 atom stereocenters. The largest absolute Gasteiger partial charge is 0.314 e. The predicted molar refractivity (Wildman–Crippen MR) is 48.5 cm³/mol. The number of rotatable bonds is 0. The van der Waals surface area contributed by atoms with Crippen LogP contribution in [0.5, 0.6) is 0 Å². The van der Waals surface area contributed by atoms with E-state index in [1.165, 1.54) is 4.31 Å². The van der Waals surface area contributed by atoms with Gasteiger partial charge in [-0.05, 0) is 13.8 Å². The number of nitrogens with zero attached hydrogens (tertiary/aromatic N) is 1. The van der Waals surface area contributed by atoms with Crippen molar-refractivity contribution in [3.63, 3.8) is 0 Å². The van der Waals surface area contributed by atoms with Crippen LogP contribution in [-0.2, 0) is 10.0 Å². The molecule has 5 heteroatoms. The van der Waals surface area contributed by atoms with E-state index < -0.39 is 10.0 Å². The van der Waals surface area contributed by atoms with Gasteiger partial charge in [0.05, 0.1) is 5.75 Å². The summed E-state index contributed by atoms with van der Waals surface area (Å²) in [6.07, 6.45) is 0. The summed E-state index contributed by atoms with van der Waals surface area (Å²) in [6.45, 7) is 5.10. The van der Waals surface area contributed by atoms with E-state index in [-0.39, 0.29) is 11.3 Å². The van der Waals surface area contributed by atoms with Crippen LogP contribution < -0.4 is 5.32 Å². The quantitative estimate of drug-likeness (QED) is 0.569. The maximum atomic E-state index is 11.5. The summed E-state index contributed by atoms with van der Waals surface area (Å²) in [7, 11) is -1.39. The molecule has 0 saturated carbocycles. The van der Waals surface area contributed by atoms with E-state index in [0.29, 0.717) is 13.1 Å². The predicted octanol–water partition coefficient (Wildman–Crippen LogP) is -0.370. The molecule has 0 aromatic carbocycles. The Labute approximate surface area is 74.0 Å². The lowest BCUT2D eigenvalue weighted by atomic mass is 10.1. The van der Waals surface area contributed by atoms with E-state index in [2.05, 4.69) is 5.32 Å². The number of sulfonamides is 1. The normalized spacial score (nSPS) is 29.6. The minimum absolute atomic E-state index is 0.201. The Hall–Kier alpha value is -0.130. The molecule has 12 heavy (non-hydrogen) atoms. The van der Waals surface area contributed by atoms with E-state index >= 15 is 0 Å². The summed E-state index contributed by atoms with van der Waals surface area (Å²) in [6, 6.07) is 0. The van der Waals surface area contributed by atoms with Gasteiger partial charge in [0.15, 0.2) is 0 Å². The van der Waals surface area contributed by atoms with E-state index in [0.717, 1.165) is 0 Å². The Kier molecular flexibility index (Phi) is 2.47. The van der Waals surface area contributed by atoms with Gasteiger partial charge in [-0.3, -0.25) is 0 Å². The van der Waals surface area contributed by atoms with Crippen LogP contribution >= 0.6 is 0 Å². The van der Waals surface area contributed by atoms with Crippen LogP contribution in [0.1, 0.15) is 13.8 Å². The molecule has 1 heterocycles. The highest BCUT2D eigenvalue weighted by molar-refractivity contribution is 7.89. The van der Waals surface area contributed by atoms with Crippen LogP contribution in [0.2, 0.25) is 0 Å². The number of hydrogen-bond donors (Lipinski definition) is 1. The highest BCUT2D eigenvalue weighted by Crippen LogP contribution is 2.17. The minimum Gasteiger partial charge on any atom is -0.314 e. The number of likely N-dealkylation sites (N-methyl/N-ethyl adjacent to an activating group) is 1. The van der Waals surface area contributed by atoms with Crippen molar-refractivity contribution in [3.8, 4) is 0 Å². The summed E-state index contributed by atoms with van der Waals surface area (Å²) in [4.78, 5) is 0. The van der Waals surface area contributed by atoms with Gasteiger partial charge in [-0.25, -0.2) is 8.42 Å². The van der Waals surface area contributed by atoms with Crippen molar-refractivity contribution >= 4 is 10.0 Å². The Morgan fingerprint density at radius 2 is 2.00 bits per heavy atom. The van der Waals surface area contributed by atoms with E-state index in [1.807, 2.05) is 13.8 Å². The molecule has 0 aliphatic carbocycles. The van der Waals surface area contributed by atoms with Crippen molar-refractivity contribution in [1.82, 2.24) is 9.62 Å². The second-order valence-corrected chi connectivity index (χ2v) is 5.89. The number of hydrogen-bond acceptors (Lipinski definition) is 3. The van der Waals surface area contributed by atoms with Crippen LogP contribution in [0, 0.1) is 0 Å². The van der Waals surface area contributed by atoms with Gasteiger partial charge < -0.3 is 5.32 Å². The standard InChI is InChI=1S/C7H16N2O2S/c1-7(2)6-8-4-5-12(10,11)9(7)3/h8H,4-6H2,1-3H3. The van der Waals surface area contributed by atoms with Crippen molar-refractivity contribution in [1.29, 1.82) is 0 Å². The van der Waals surface area contributed by atoms with E-state index in [9.17, 15) is 8.42 Å². The molecule has 1 N–H and O–H groups in total. The average Bonchev–Trinajstić information content (AvgIpc) is 2.02. The van der Waals surface area contributed by atoms with Gasteiger partial charge in [-0.15, -0.1) is 0 Å². The van der Waals surface area contributed by atoms with Gasteiger partial charge in [0, 0.05) is 25.7 Å². The molecule has 1 fully saturated rings. The third-order valence-electron chi connectivity index (χ3n) is 2.36. The van der Waals surface area contributed by atoms with Gasteiger partial charge in [0.2, 0.25) is 10.0 Å². The summed E-state index contributed by atoms with van der Waals surface area (Å²) in [5.74, 6) is 0.201. The molecule has 1 rings (SSSR count). The molecule has 0 unspecified atom stereocenters. The zero-order valence-corrected chi connectivity index (χ0v) is 8.61. The molecule has 0 bridgehead atoms. The van der Waals surface area contributed by atoms with E-state index in [4.69, 9.17) is 0 Å². The van der Waals surface area contributed by atoms with Gasteiger partial charge in [-0.1, -0.05) is 0 Å². The SMILES string of the molecule is CN1C(C)(C)CNCCS1(=O)=O. The molecule has 0 radical (unpaired) electrons. The van der Waals surface area contributed by atoms with Crippen LogP contribution in [0.25, 0.3) is 0 Å². The summed E-state index contributed by atoms with van der Waals surface area (Å²) >= 11 is 0. The fourth-order valence-corrected chi connectivity index (χ4v) is 2.71. The van der Waals surface area contributed by atoms with Gasteiger partial charge in [0.25, 0.3) is 0 Å². The Balaban J connectivity index is 2.97. The highest BCUT2D eigenvalue weighted by atomic mass is 32.2. The van der Waals surface area contributed by atoms with E-state index in [1.54, 1.807) is 7.05 Å². The van der Waals surface area contributed by atoms with Crippen LogP contribution in [-0.4, -0.2) is 44.2 Å². The van der Waals surface area contributed by atoms with Gasteiger partial charge in [-0.2, -0.15) is 4.31 Å². The molecular formula is C7H16N2O2S. The van der Waals surface area contributed by atoms with Crippen molar-refractivity contribution in [3.05, 3.63) is 0 Å². The average molecular weight is 192 g/mol. The monoisotopic (exact) mass is 192 g/mol. The Morgan fingerprint density at radius 3 is 2.58 bits per heavy atom. The first-order valence-corrected chi connectivity index (χ1v) is 5.65. The first-order valence-electron chi connectivity index (χ1n) is 4.04. The molecular weight excluding hydrogens is 176 g/mol. The third-order valence-corrected chi connectivity index (χ3v) is 4.41. The summed E-state index contributed by atoms with van der Waals surface area (Å²) < 4.78 is 24.5.